The Bertz CT molecular complexity index is 428. The normalized spacial score (nSPS) is 12.3. The lowest BCUT2D eigenvalue weighted by molar-refractivity contribution is -0.138. The molecule has 0 heterocycles. The largest absolute Gasteiger partial charge is 0.480 e. The lowest BCUT2D eigenvalue weighted by Gasteiger charge is -2.17. The maximum atomic E-state index is 11.1. The van der Waals surface area contributed by atoms with Gasteiger partial charge in [-0.2, -0.15) is 0 Å². The highest BCUT2D eigenvalue weighted by Crippen LogP contribution is 2.21. The van der Waals surface area contributed by atoms with Crippen molar-refractivity contribution in [1.82, 2.24) is 0 Å². The second-order valence-electron chi connectivity index (χ2n) is 6.12. The maximum absolute atomic E-state index is 11.1. The minimum atomic E-state index is -0.914. The van der Waals surface area contributed by atoms with E-state index >= 15 is 0 Å². The molecule has 0 aromatic heterocycles. The first-order valence-corrected chi connectivity index (χ1v) is 8.68. The molecule has 0 amide bonds. The van der Waals surface area contributed by atoms with Crippen LogP contribution in [-0.2, 0) is 24.1 Å². The lowest BCUT2D eigenvalue weighted by Crippen LogP contribution is -2.33. The van der Waals surface area contributed by atoms with Crippen molar-refractivity contribution in [2.45, 2.75) is 77.7 Å². The zero-order valence-corrected chi connectivity index (χ0v) is 14.1. The molecule has 3 nitrogen and oxygen atoms in total. The van der Waals surface area contributed by atoms with Gasteiger partial charge in [-0.15, -0.1) is 0 Å². The van der Waals surface area contributed by atoms with Gasteiger partial charge >= 0.3 is 5.97 Å². The predicted octanol–water partition coefficient (Wildman–Crippen LogP) is 4.11. The molecular weight excluding hydrogens is 274 g/mol. The van der Waals surface area contributed by atoms with Gasteiger partial charge in [0.15, 0.2) is 0 Å². The molecule has 1 aromatic rings. The fourth-order valence-electron chi connectivity index (χ4n) is 2.86. The third kappa shape index (κ3) is 6.18. The fraction of sp³-hybridized carbons (Fsp3) is 0.632. The van der Waals surface area contributed by atoms with Crippen molar-refractivity contribution in [1.29, 1.82) is 0 Å². The summed E-state index contributed by atoms with van der Waals surface area (Å²) in [7, 11) is 0. The molecule has 0 fully saturated rings. The Morgan fingerprint density at radius 3 is 1.95 bits per heavy atom. The van der Waals surface area contributed by atoms with Gasteiger partial charge in [0, 0.05) is 0 Å². The van der Waals surface area contributed by atoms with Crippen LogP contribution in [0.15, 0.2) is 18.2 Å². The van der Waals surface area contributed by atoms with E-state index in [2.05, 4.69) is 32.0 Å². The summed E-state index contributed by atoms with van der Waals surface area (Å²) in [5, 5.41) is 9.13. The fourth-order valence-corrected chi connectivity index (χ4v) is 2.86. The molecule has 0 spiro atoms. The van der Waals surface area contributed by atoms with Crippen LogP contribution in [-0.4, -0.2) is 17.1 Å². The quantitative estimate of drug-likeness (QED) is 0.605. The molecule has 3 heteroatoms. The molecular formula is C19H31NO2. The molecule has 0 saturated carbocycles. The Morgan fingerprint density at radius 2 is 1.55 bits per heavy atom. The smallest absolute Gasteiger partial charge is 0.320 e. The SMILES string of the molecule is CCCCCc1cccc(CCCCC)c1CC(N)C(=O)O. The number of benzene rings is 1. The van der Waals surface area contributed by atoms with E-state index in [4.69, 9.17) is 10.8 Å². The maximum Gasteiger partial charge on any atom is 0.320 e. The van der Waals surface area contributed by atoms with E-state index in [9.17, 15) is 4.79 Å². The number of hydrogen-bond acceptors (Lipinski definition) is 2. The Kier molecular flexibility index (Phi) is 8.83. The number of rotatable bonds is 11. The van der Waals surface area contributed by atoms with Crippen molar-refractivity contribution in [3.8, 4) is 0 Å². The van der Waals surface area contributed by atoms with Crippen molar-refractivity contribution in [3.05, 3.63) is 34.9 Å². The van der Waals surface area contributed by atoms with Crippen LogP contribution in [0.2, 0.25) is 0 Å². The zero-order chi connectivity index (χ0) is 16.4. The van der Waals surface area contributed by atoms with Gasteiger partial charge in [0.05, 0.1) is 0 Å². The molecule has 0 aliphatic heterocycles. The van der Waals surface area contributed by atoms with Crippen LogP contribution in [0.25, 0.3) is 0 Å². The monoisotopic (exact) mass is 305 g/mol. The van der Waals surface area contributed by atoms with Gasteiger partial charge in [0.1, 0.15) is 6.04 Å². The van der Waals surface area contributed by atoms with Gasteiger partial charge in [-0.3, -0.25) is 4.79 Å². The van der Waals surface area contributed by atoms with Gasteiger partial charge in [0.25, 0.3) is 0 Å². The number of carbonyl (C=O) groups is 1. The van der Waals surface area contributed by atoms with Crippen molar-refractivity contribution in [3.63, 3.8) is 0 Å². The van der Waals surface area contributed by atoms with E-state index in [1.807, 2.05) is 0 Å². The van der Waals surface area contributed by atoms with Crippen LogP contribution in [0.4, 0.5) is 0 Å². The second kappa shape index (κ2) is 10.4. The van der Waals surface area contributed by atoms with Gasteiger partial charge in [-0.1, -0.05) is 57.7 Å². The molecule has 1 rings (SSSR count). The number of hydrogen-bond donors (Lipinski definition) is 2. The molecule has 0 radical (unpaired) electrons. The molecule has 124 valence electrons. The number of carboxylic acids is 1. The molecule has 0 saturated heterocycles. The predicted molar refractivity (Wildman–Crippen MR) is 92.2 cm³/mol. The summed E-state index contributed by atoms with van der Waals surface area (Å²) < 4.78 is 0. The van der Waals surface area contributed by atoms with Crippen LogP contribution in [0.5, 0.6) is 0 Å². The van der Waals surface area contributed by atoms with E-state index in [0.29, 0.717) is 6.42 Å². The summed E-state index contributed by atoms with van der Waals surface area (Å²) in [5.41, 5.74) is 9.56. The van der Waals surface area contributed by atoms with Crippen molar-refractivity contribution < 1.29 is 9.90 Å². The van der Waals surface area contributed by atoms with Crippen LogP contribution in [0, 0.1) is 0 Å². The summed E-state index contributed by atoms with van der Waals surface area (Å²) in [6, 6.07) is 5.58. The third-order valence-corrected chi connectivity index (χ3v) is 4.21. The number of aliphatic carboxylic acids is 1. The molecule has 0 aliphatic carbocycles. The highest BCUT2D eigenvalue weighted by molar-refractivity contribution is 5.73. The molecule has 22 heavy (non-hydrogen) atoms. The summed E-state index contributed by atoms with van der Waals surface area (Å²) in [6.45, 7) is 4.39. The van der Waals surface area contributed by atoms with Crippen LogP contribution in [0.3, 0.4) is 0 Å². The Hall–Kier alpha value is -1.35. The van der Waals surface area contributed by atoms with E-state index < -0.39 is 12.0 Å². The van der Waals surface area contributed by atoms with Crippen molar-refractivity contribution in [2.75, 3.05) is 0 Å². The van der Waals surface area contributed by atoms with Crippen LogP contribution >= 0.6 is 0 Å². The second-order valence-corrected chi connectivity index (χ2v) is 6.12. The molecule has 1 atom stereocenters. The average molecular weight is 305 g/mol. The number of unbranched alkanes of at least 4 members (excludes halogenated alkanes) is 4. The number of carboxylic acid groups (broad SMARTS) is 1. The Balaban J connectivity index is 2.92. The minimum absolute atomic E-state index is 0.444. The summed E-state index contributed by atoms with van der Waals surface area (Å²) in [6.07, 6.45) is 9.62. The van der Waals surface area contributed by atoms with E-state index in [-0.39, 0.29) is 0 Å². The van der Waals surface area contributed by atoms with Gasteiger partial charge in [-0.25, -0.2) is 0 Å². The lowest BCUT2D eigenvalue weighted by atomic mass is 9.90. The van der Waals surface area contributed by atoms with Crippen molar-refractivity contribution in [2.24, 2.45) is 5.73 Å². The first-order valence-electron chi connectivity index (χ1n) is 8.68. The summed E-state index contributed by atoms with van der Waals surface area (Å²) >= 11 is 0. The molecule has 0 bridgehead atoms. The molecule has 0 aliphatic rings. The van der Waals surface area contributed by atoms with Crippen LogP contribution < -0.4 is 5.73 Å². The standard InChI is InChI=1S/C19H31NO2/c1-3-5-7-10-15-12-9-13-16(11-8-6-4-2)17(15)14-18(20)19(21)22/h9,12-13,18H,3-8,10-11,14,20H2,1-2H3,(H,21,22). The molecule has 1 unspecified atom stereocenters. The zero-order valence-electron chi connectivity index (χ0n) is 14.1. The molecule has 1 aromatic carbocycles. The topological polar surface area (TPSA) is 63.3 Å². The van der Waals surface area contributed by atoms with Crippen molar-refractivity contribution >= 4 is 5.97 Å². The summed E-state index contributed by atoms with van der Waals surface area (Å²) in [5.74, 6) is -0.914. The van der Waals surface area contributed by atoms with Gasteiger partial charge in [-0.05, 0) is 48.8 Å². The highest BCUT2D eigenvalue weighted by Gasteiger charge is 2.17. The average Bonchev–Trinajstić information content (AvgIpc) is 2.50. The third-order valence-electron chi connectivity index (χ3n) is 4.21. The molecule has 3 N–H and O–H groups in total. The first kappa shape index (κ1) is 18.7. The highest BCUT2D eigenvalue weighted by atomic mass is 16.4. The Labute approximate surface area is 134 Å². The first-order chi connectivity index (χ1) is 10.6. The van der Waals surface area contributed by atoms with E-state index in [0.717, 1.165) is 25.7 Å². The Morgan fingerprint density at radius 1 is 1.05 bits per heavy atom. The van der Waals surface area contributed by atoms with Gasteiger partial charge in [0.2, 0.25) is 0 Å². The number of aryl methyl sites for hydroxylation is 2. The minimum Gasteiger partial charge on any atom is -0.480 e. The van der Waals surface area contributed by atoms with E-state index in [1.54, 1.807) is 0 Å². The van der Waals surface area contributed by atoms with E-state index in [1.165, 1.54) is 42.4 Å². The summed E-state index contributed by atoms with van der Waals surface area (Å²) in [4.78, 5) is 11.1. The van der Waals surface area contributed by atoms with Crippen LogP contribution in [0.1, 0.15) is 69.1 Å². The van der Waals surface area contributed by atoms with Gasteiger partial charge < -0.3 is 10.8 Å². The number of nitrogens with two attached hydrogens (primary N) is 1.